The molecule has 29 heavy (non-hydrogen) atoms. The Kier molecular flexibility index (Phi) is 3.31. The van der Waals surface area contributed by atoms with Gasteiger partial charge < -0.3 is 10.2 Å². The van der Waals surface area contributed by atoms with Gasteiger partial charge >= 0.3 is 0 Å². The molecule has 0 spiro atoms. The van der Waals surface area contributed by atoms with E-state index in [0.717, 1.165) is 16.7 Å². The number of halogens is 1. The van der Waals surface area contributed by atoms with E-state index in [1.807, 2.05) is 0 Å². The van der Waals surface area contributed by atoms with Crippen molar-refractivity contribution < 1.29 is 42.4 Å². The molecule has 1 aromatic carbocycles. The third-order valence-electron chi connectivity index (χ3n) is 3.38. The van der Waals surface area contributed by atoms with Crippen molar-refractivity contribution in [3.05, 3.63) is 23.9 Å². The second-order valence-electron chi connectivity index (χ2n) is 5.73. The van der Waals surface area contributed by atoms with Gasteiger partial charge in [0.1, 0.15) is 7.23 Å². The van der Waals surface area contributed by atoms with Gasteiger partial charge in [0.15, 0.2) is 1.41 Å². The second kappa shape index (κ2) is 10.9. The van der Waals surface area contributed by atoms with Crippen molar-refractivity contribution in [1.82, 2.24) is 9.62 Å². The summed E-state index contributed by atoms with van der Waals surface area (Å²) in [5, 5.41) is 0.0952. The first-order chi connectivity index (χ1) is 21.0. The van der Waals surface area contributed by atoms with Gasteiger partial charge in [0, 0.05) is 68.8 Å². The van der Waals surface area contributed by atoms with Crippen LogP contribution < -0.4 is 14.9 Å². The summed E-state index contributed by atoms with van der Waals surface area (Å²) in [6, 6.07) is -2.78. The van der Waals surface area contributed by atoms with Crippen molar-refractivity contribution in [3.63, 3.8) is 0 Å². The van der Waals surface area contributed by atoms with Crippen molar-refractivity contribution in [2.75, 3.05) is 55.1 Å². The molecule has 1 aromatic rings. The SMILES string of the molecule is [2H]c1c(F)c([2H])c(N([2H])C(C)=O)c([2H])c1N1CC([2H])N(C([2H])CCC([2H])N([2H])S(=O)(=O)C([2H])([2H])C([2H])(C([2H])([2H])[2H])C([2H])([2H])[2H])C([2H])C1. The maximum Gasteiger partial charge on any atom is 0.221 e. The van der Waals surface area contributed by atoms with Crippen LogP contribution in [0.1, 0.15) is 55.4 Å². The lowest BCUT2D eigenvalue weighted by atomic mass is 10.2. The topological polar surface area (TPSA) is 81.8 Å². The molecule has 0 saturated carbocycles. The fraction of sp³-hybridized carbons (Fsp3) is 0.650. The van der Waals surface area contributed by atoms with Gasteiger partial charge in [0.05, 0.1) is 9.82 Å². The molecule has 2 rings (SSSR count). The Hall–Kier alpha value is -1.71. The van der Waals surface area contributed by atoms with Crippen LogP contribution in [0.15, 0.2) is 18.1 Å². The van der Waals surface area contributed by atoms with Crippen LogP contribution in [0.2, 0.25) is 2.82 Å². The van der Waals surface area contributed by atoms with Crippen LogP contribution in [-0.4, -0.2) is 64.1 Å². The molecule has 2 N–H and O–H groups in total. The van der Waals surface area contributed by atoms with Gasteiger partial charge in [0.2, 0.25) is 15.9 Å². The molecule has 7 nitrogen and oxygen atoms in total. The molecule has 1 aliphatic rings. The van der Waals surface area contributed by atoms with E-state index in [2.05, 4.69) is 0 Å². The highest BCUT2D eigenvalue weighted by Gasteiger charge is 2.18. The highest BCUT2D eigenvalue weighted by molar-refractivity contribution is 7.89. The van der Waals surface area contributed by atoms with Crippen molar-refractivity contribution >= 4 is 27.3 Å². The number of piperazine rings is 1. The van der Waals surface area contributed by atoms with E-state index in [1.165, 1.54) is 0 Å². The maximum atomic E-state index is 14.8. The fourth-order valence-corrected chi connectivity index (χ4v) is 2.87. The number of benzene rings is 1. The zero-order valence-electron chi connectivity index (χ0n) is 33.4. The third kappa shape index (κ3) is 8.67. The largest absolute Gasteiger partial charge is 0.369 e. The lowest BCUT2D eigenvalue weighted by molar-refractivity contribution is -0.114. The molecule has 1 fully saturated rings. The van der Waals surface area contributed by atoms with Crippen LogP contribution in [-0.2, 0) is 14.8 Å². The summed E-state index contributed by atoms with van der Waals surface area (Å²) in [6.45, 7) is -14.9. The van der Waals surface area contributed by atoms with Gasteiger partial charge in [-0.1, -0.05) is 13.7 Å². The highest BCUT2D eigenvalue weighted by Crippen LogP contribution is 2.23. The van der Waals surface area contributed by atoms with Crippen LogP contribution in [0.5, 0.6) is 0 Å². The number of hydrogen-bond donors (Lipinski definition) is 2. The zero-order valence-corrected chi connectivity index (χ0v) is 16.3. The lowest BCUT2D eigenvalue weighted by Crippen LogP contribution is -2.46. The molecule has 0 aliphatic carbocycles. The molecule has 4 atom stereocenters. The minimum absolute atomic E-state index is 0.0952. The number of rotatable bonds is 10. The van der Waals surface area contributed by atoms with Gasteiger partial charge in [-0.3, -0.25) is 9.69 Å². The van der Waals surface area contributed by atoms with Gasteiger partial charge in [0.25, 0.3) is 0 Å². The quantitative estimate of drug-likeness (QED) is 0.576. The Morgan fingerprint density at radius 3 is 2.79 bits per heavy atom. The first-order valence-corrected chi connectivity index (χ1v) is 9.77. The molecule has 1 aliphatic heterocycles. The van der Waals surface area contributed by atoms with Crippen LogP contribution in [0.25, 0.3) is 0 Å². The number of sulfonamides is 1. The molecule has 1 amide bonds. The number of nitrogens with zero attached hydrogens (tertiary/aromatic N) is 2. The molecule has 0 radical (unpaired) electrons. The van der Waals surface area contributed by atoms with E-state index >= 15 is 0 Å². The molecular weight excluding hydrogens is 395 g/mol. The number of anilines is 2. The van der Waals surface area contributed by atoms with Crippen LogP contribution in [0.3, 0.4) is 0 Å². The van der Waals surface area contributed by atoms with Crippen molar-refractivity contribution in [2.24, 2.45) is 5.89 Å². The normalized spacial score (nSPS) is 33.8. The van der Waals surface area contributed by atoms with E-state index in [9.17, 15) is 17.6 Å². The van der Waals surface area contributed by atoms with Crippen LogP contribution in [0.4, 0.5) is 15.8 Å². The number of nitrogens with one attached hydrogen (secondary N) is 2. The average molecular weight is 447 g/mol. The average Bonchev–Trinajstić information content (AvgIpc) is 2.91. The van der Waals surface area contributed by atoms with E-state index in [-0.39, 0.29) is 5.31 Å². The van der Waals surface area contributed by atoms with Crippen molar-refractivity contribution in [2.45, 2.75) is 33.5 Å². The first-order valence-electron chi connectivity index (χ1n) is 17.5. The summed E-state index contributed by atoms with van der Waals surface area (Å²) in [6.07, 6.45) is -1.28. The van der Waals surface area contributed by atoms with Gasteiger partial charge in [-0.15, -0.1) is 0 Å². The molecule has 9 heteroatoms. The monoisotopic (exact) mass is 446 g/mol. The van der Waals surface area contributed by atoms with Gasteiger partial charge in [-0.25, -0.2) is 17.5 Å². The summed E-state index contributed by atoms with van der Waals surface area (Å²) in [7, 11) is -5.96. The van der Waals surface area contributed by atoms with E-state index in [0.29, 0.717) is 0 Å². The van der Waals surface area contributed by atoms with E-state index in [1.54, 1.807) is 0 Å². The second-order valence-corrected chi connectivity index (χ2v) is 7.10. The van der Waals surface area contributed by atoms with Crippen LogP contribution in [0, 0.1) is 11.7 Å². The number of hydrogen-bond acceptors (Lipinski definition) is 5. The summed E-state index contributed by atoms with van der Waals surface area (Å²) < 4.78 is 181. The predicted molar refractivity (Wildman–Crippen MR) is 115 cm³/mol. The molecule has 0 aromatic heterocycles. The summed E-state index contributed by atoms with van der Waals surface area (Å²) in [5.74, 6) is -6.70. The van der Waals surface area contributed by atoms with Crippen LogP contribution >= 0.6 is 0 Å². The fourth-order valence-electron chi connectivity index (χ4n) is 2.26. The van der Waals surface area contributed by atoms with Crippen molar-refractivity contribution in [1.29, 1.82) is 0 Å². The van der Waals surface area contributed by atoms with E-state index in [4.69, 9.17) is 24.8 Å². The minimum atomic E-state index is -5.96. The Morgan fingerprint density at radius 2 is 2.14 bits per heavy atom. The Morgan fingerprint density at radius 1 is 1.41 bits per heavy atom. The highest BCUT2D eigenvalue weighted by atomic mass is 32.2. The molecule has 1 saturated heterocycles. The summed E-state index contributed by atoms with van der Waals surface area (Å²) in [4.78, 5) is 13.7. The molecular formula is C20H33FN4O3S. The summed E-state index contributed by atoms with van der Waals surface area (Å²) in [5.41, 5.74) is -5.72. The van der Waals surface area contributed by atoms with Gasteiger partial charge in [-0.2, -0.15) is 0 Å². The van der Waals surface area contributed by atoms with Gasteiger partial charge in [-0.05, 0) is 43.4 Å². The molecule has 4 unspecified atom stereocenters. The third-order valence-corrected chi connectivity index (χ3v) is 4.27. The Labute approximate surface area is 199 Å². The maximum absolute atomic E-state index is 14.8. The number of carbonyl (C=O) groups excluding carboxylic acids is 1. The lowest BCUT2D eigenvalue weighted by Gasteiger charge is -2.36. The summed E-state index contributed by atoms with van der Waals surface area (Å²) >= 11 is 0. The first kappa shape index (κ1) is 8.80. The molecule has 164 valence electrons. The Balaban J connectivity index is 2.28. The predicted octanol–water partition coefficient (Wildman–Crippen LogP) is 2.26. The molecule has 1 heterocycles. The Bertz CT molecular complexity index is 1420. The number of carbonyl (C=O) groups is 1. The minimum Gasteiger partial charge on any atom is -0.369 e. The number of amides is 1. The molecule has 0 bridgehead atoms. The van der Waals surface area contributed by atoms with E-state index < -0.39 is 133 Å². The zero-order chi connectivity index (χ0) is 37.0. The van der Waals surface area contributed by atoms with Crippen molar-refractivity contribution in [3.8, 4) is 0 Å². The smallest absolute Gasteiger partial charge is 0.221 e. The standard InChI is InChI=1S/C20H33FN4O3S/c1-16(2)15-29(27,28)22-6-4-5-7-24-8-10-25(11-9-24)20-13-18(21)12-19(14-20)23-17(3)26/h12-14,16,22H,4-11,15H2,1-3H3,(H,23,26)/i1D3,2D3,6D,7D,8D,9D,12D,13D,14D,15D2,16D/hD2.